The molecule has 5 nitrogen and oxygen atoms in total. The minimum atomic E-state index is -2.64. The zero-order chi connectivity index (χ0) is 22.8. The zero-order valence-electron chi connectivity index (χ0n) is 18.6. The van der Waals surface area contributed by atoms with Crippen LogP contribution in [0.3, 0.4) is 0 Å². The Hall–Kier alpha value is -3.34. The van der Waals surface area contributed by atoms with Crippen LogP contribution in [0.2, 0.25) is 5.54 Å². The Labute approximate surface area is 190 Å². The van der Waals surface area contributed by atoms with E-state index in [1.165, 1.54) is 15.6 Å². The van der Waals surface area contributed by atoms with Crippen molar-refractivity contribution in [3.63, 3.8) is 0 Å². The number of benzene rings is 3. The van der Waals surface area contributed by atoms with Gasteiger partial charge >= 0.3 is 5.97 Å². The molecule has 0 aliphatic carbocycles. The number of ether oxygens (including phenoxy) is 1. The molecule has 164 valence electrons. The maximum atomic E-state index is 12.1. The second-order valence-electron chi connectivity index (χ2n) is 7.81. The second kappa shape index (κ2) is 11.3. The lowest BCUT2D eigenvalue weighted by molar-refractivity contribution is -0.143. The fraction of sp³-hybridized carbons (Fsp3) is 0.269. The first-order valence-electron chi connectivity index (χ1n) is 11.0. The summed E-state index contributed by atoms with van der Waals surface area (Å²) in [5, 5.41) is 7.95. The van der Waals surface area contributed by atoms with Crippen molar-refractivity contribution in [2.24, 2.45) is 5.11 Å². The molecule has 2 atom stereocenters. The van der Waals surface area contributed by atoms with Crippen LogP contribution in [0.4, 0.5) is 0 Å². The van der Waals surface area contributed by atoms with Gasteiger partial charge in [0.15, 0.2) is 8.07 Å². The molecule has 0 bridgehead atoms. The molecule has 0 aliphatic rings. The average Bonchev–Trinajstić information content (AvgIpc) is 2.84. The molecule has 0 saturated carbocycles. The van der Waals surface area contributed by atoms with Crippen molar-refractivity contribution in [3.05, 3.63) is 101 Å². The molecule has 0 aromatic heterocycles. The number of carbonyl (C=O) groups excluding carboxylic acids is 1. The molecule has 0 unspecified atom stereocenters. The van der Waals surface area contributed by atoms with E-state index in [1.807, 2.05) is 18.2 Å². The predicted octanol–water partition coefficient (Wildman–Crippen LogP) is 4.57. The van der Waals surface area contributed by atoms with Crippen LogP contribution in [-0.4, -0.2) is 26.7 Å². The fourth-order valence-corrected chi connectivity index (χ4v) is 10.2. The highest BCUT2D eigenvalue weighted by Gasteiger charge is 2.46. The molecule has 0 aliphatic heterocycles. The molecule has 3 aromatic carbocycles. The molecular weight excluding hydrogens is 414 g/mol. The topological polar surface area (TPSA) is 75.1 Å². The molecule has 0 saturated heterocycles. The Morgan fingerprint density at radius 2 is 1.34 bits per heavy atom. The van der Waals surface area contributed by atoms with Gasteiger partial charge in [-0.25, -0.2) is 0 Å². The van der Waals surface area contributed by atoms with E-state index < -0.39 is 8.07 Å². The smallest absolute Gasteiger partial charge is 0.305 e. The molecule has 3 rings (SSSR count). The Bertz CT molecular complexity index is 942. The van der Waals surface area contributed by atoms with E-state index in [2.05, 4.69) is 89.7 Å². The molecule has 0 spiro atoms. The van der Waals surface area contributed by atoms with Crippen molar-refractivity contribution < 1.29 is 9.53 Å². The maximum Gasteiger partial charge on any atom is 0.305 e. The summed E-state index contributed by atoms with van der Waals surface area (Å²) >= 11 is 0. The van der Waals surface area contributed by atoms with Gasteiger partial charge in [0.05, 0.1) is 6.61 Å². The van der Waals surface area contributed by atoms with Gasteiger partial charge in [-0.15, -0.1) is 0 Å². The third kappa shape index (κ3) is 4.93. The molecule has 0 fully saturated rings. The number of rotatable bonds is 10. The van der Waals surface area contributed by atoms with Gasteiger partial charge in [-0.1, -0.05) is 103 Å². The van der Waals surface area contributed by atoms with Gasteiger partial charge < -0.3 is 4.74 Å². The number of azide groups is 1. The Morgan fingerprint density at radius 1 is 0.906 bits per heavy atom. The SMILES string of the molecule is CCOC(=O)CC[C@@H](N=[N+]=[N-])[C@H](C)[Si](c1ccccc1)(c1ccccc1)c1ccccc1. The summed E-state index contributed by atoms with van der Waals surface area (Å²) in [6.45, 7) is 4.31. The van der Waals surface area contributed by atoms with Gasteiger partial charge in [-0.2, -0.15) is 0 Å². The lowest BCUT2D eigenvalue weighted by Gasteiger charge is -2.41. The van der Waals surface area contributed by atoms with Crippen molar-refractivity contribution in [1.29, 1.82) is 0 Å². The summed E-state index contributed by atoms with van der Waals surface area (Å²) in [6.07, 6.45) is 0.677. The van der Waals surface area contributed by atoms with E-state index in [0.29, 0.717) is 13.0 Å². The van der Waals surface area contributed by atoms with E-state index >= 15 is 0 Å². The van der Waals surface area contributed by atoms with Crippen molar-refractivity contribution in [3.8, 4) is 0 Å². The first-order chi connectivity index (χ1) is 15.6. The first kappa shape index (κ1) is 23.3. The summed E-state index contributed by atoms with van der Waals surface area (Å²) in [7, 11) is -2.64. The number of hydrogen-bond donors (Lipinski definition) is 0. The molecule has 32 heavy (non-hydrogen) atoms. The molecule has 0 heterocycles. The fourth-order valence-electron chi connectivity index (χ4n) is 4.65. The van der Waals surface area contributed by atoms with E-state index in [1.54, 1.807) is 6.92 Å². The van der Waals surface area contributed by atoms with Crippen LogP contribution in [-0.2, 0) is 9.53 Å². The Kier molecular flexibility index (Phi) is 8.25. The van der Waals surface area contributed by atoms with Crippen LogP contribution in [0.25, 0.3) is 10.4 Å². The Morgan fingerprint density at radius 3 is 1.72 bits per heavy atom. The number of hydrogen-bond acceptors (Lipinski definition) is 3. The van der Waals surface area contributed by atoms with Crippen molar-refractivity contribution >= 4 is 29.6 Å². The van der Waals surface area contributed by atoms with E-state index in [0.717, 1.165) is 0 Å². The average molecular weight is 444 g/mol. The predicted molar refractivity (Wildman–Crippen MR) is 132 cm³/mol. The van der Waals surface area contributed by atoms with Crippen LogP contribution in [0.1, 0.15) is 26.7 Å². The van der Waals surface area contributed by atoms with Gasteiger partial charge in [-0.3, -0.25) is 4.79 Å². The highest BCUT2D eigenvalue weighted by molar-refractivity contribution is 7.12. The molecule has 0 radical (unpaired) electrons. The lowest BCUT2D eigenvalue weighted by Crippen LogP contribution is -2.70. The standard InChI is InChI=1S/C26H29N3O2Si/c1-3-31-26(30)20-19-25(28-29-27)21(2)32(22-13-7-4-8-14-22,23-15-9-5-10-16-23)24-17-11-6-12-18-24/h4-18,21,25H,3,19-20H2,1-2H3/t21-,25+/m0/s1. The third-order valence-corrected chi connectivity index (χ3v) is 11.6. The van der Waals surface area contributed by atoms with Crippen LogP contribution in [0.15, 0.2) is 96.1 Å². The number of nitrogens with zero attached hydrogens (tertiary/aromatic N) is 3. The molecule has 3 aromatic rings. The van der Waals surface area contributed by atoms with Crippen LogP contribution >= 0.6 is 0 Å². The summed E-state index contributed by atoms with van der Waals surface area (Å²) in [6, 6.07) is 31.2. The number of esters is 1. The van der Waals surface area contributed by atoms with Crippen LogP contribution < -0.4 is 15.6 Å². The van der Waals surface area contributed by atoms with Gasteiger partial charge in [-0.05, 0) is 40.0 Å². The maximum absolute atomic E-state index is 12.1. The molecule has 0 amide bonds. The molecule has 0 N–H and O–H groups in total. The zero-order valence-corrected chi connectivity index (χ0v) is 19.6. The summed E-state index contributed by atoms with van der Waals surface area (Å²) in [5.74, 6) is -0.260. The van der Waals surface area contributed by atoms with Gasteiger partial charge in [0.25, 0.3) is 0 Å². The van der Waals surface area contributed by atoms with Crippen molar-refractivity contribution in [2.45, 2.75) is 38.3 Å². The first-order valence-corrected chi connectivity index (χ1v) is 13.1. The monoisotopic (exact) mass is 443 g/mol. The Balaban J connectivity index is 2.20. The van der Waals surface area contributed by atoms with Crippen molar-refractivity contribution in [2.75, 3.05) is 6.61 Å². The van der Waals surface area contributed by atoms with Gasteiger partial charge in [0.2, 0.25) is 0 Å². The lowest BCUT2D eigenvalue weighted by atomic mass is 10.1. The van der Waals surface area contributed by atoms with E-state index in [-0.39, 0.29) is 24.0 Å². The summed E-state index contributed by atoms with van der Waals surface area (Å²) in [5.41, 5.74) is 9.39. The second-order valence-corrected chi connectivity index (χ2v) is 12.1. The van der Waals surface area contributed by atoms with Gasteiger partial charge in [0.1, 0.15) is 0 Å². The highest BCUT2D eigenvalue weighted by atomic mass is 28.3. The van der Waals surface area contributed by atoms with E-state index in [4.69, 9.17) is 4.74 Å². The number of carbonyl (C=O) groups is 1. The quantitative estimate of drug-likeness (QED) is 0.115. The van der Waals surface area contributed by atoms with Crippen LogP contribution in [0.5, 0.6) is 0 Å². The molecule has 6 heteroatoms. The summed E-state index contributed by atoms with van der Waals surface area (Å²) < 4.78 is 5.13. The van der Waals surface area contributed by atoms with Crippen LogP contribution in [0, 0.1) is 0 Å². The largest absolute Gasteiger partial charge is 0.466 e. The summed E-state index contributed by atoms with van der Waals surface area (Å²) in [4.78, 5) is 15.3. The van der Waals surface area contributed by atoms with E-state index in [9.17, 15) is 10.3 Å². The minimum Gasteiger partial charge on any atom is -0.466 e. The van der Waals surface area contributed by atoms with Crippen molar-refractivity contribution in [1.82, 2.24) is 0 Å². The highest BCUT2D eigenvalue weighted by Crippen LogP contribution is 2.30. The molecular formula is C26H29N3O2Si. The third-order valence-electron chi connectivity index (χ3n) is 6.10. The van der Waals surface area contributed by atoms with Gasteiger partial charge in [0, 0.05) is 17.4 Å². The normalized spacial score (nSPS) is 12.9. The minimum absolute atomic E-state index is 0.0000246.